The van der Waals surface area contributed by atoms with Gasteiger partial charge in [0.25, 0.3) is 5.69 Å². The van der Waals surface area contributed by atoms with E-state index in [2.05, 4.69) is 10.00 Å². The summed E-state index contributed by atoms with van der Waals surface area (Å²) in [6.07, 6.45) is 3.32. The van der Waals surface area contributed by atoms with E-state index in [1.807, 2.05) is 35.9 Å². The number of Topliss-reactive ketones (excluding diaryl/α,β-unsaturated/α-hetero) is 1. The summed E-state index contributed by atoms with van der Waals surface area (Å²) in [5.74, 6) is 0.299. The molecule has 1 aromatic heterocycles. The van der Waals surface area contributed by atoms with E-state index in [0.717, 1.165) is 48.0 Å². The lowest BCUT2D eigenvalue weighted by Crippen LogP contribution is -2.37. The van der Waals surface area contributed by atoms with Crippen LogP contribution in [0.5, 0.6) is 0 Å². The predicted octanol–water partition coefficient (Wildman–Crippen LogP) is 3.81. The van der Waals surface area contributed by atoms with Crippen LogP contribution in [0, 0.1) is 23.0 Å². The summed E-state index contributed by atoms with van der Waals surface area (Å²) < 4.78 is 1.86. The van der Waals surface area contributed by atoms with E-state index < -0.39 is 4.92 Å². The highest BCUT2D eigenvalue weighted by molar-refractivity contribution is 5.97. The number of nitro groups is 1. The van der Waals surface area contributed by atoms with Crippen molar-refractivity contribution in [1.82, 2.24) is 14.7 Å². The van der Waals surface area contributed by atoms with E-state index in [4.69, 9.17) is 0 Å². The maximum Gasteiger partial charge on any atom is 0.270 e. The smallest absolute Gasteiger partial charge is 0.270 e. The number of carbonyl (C=O) groups is 1. The minimum atomic E-state index is -0.396. The van der Waals surface area contributed by atoms with Crippen LogP contribution in [0.1, 0.15) is 28.8 Å². The van der Waals surface area contributed by atoms with Crippen LogP contribution in [0.2, 0.25) is 0 Å². The molecule has 2 aromatic carbocycles. The van der Waals surface area contributed by atoms with Gasteiger partial charge >= 0.3 is 0 Å². The number of nitro benzene ring substituents is 1. The van der Waals surface area contributed by atoms with Crippen molar-refractivity contribution in [1.29, 1.82) is 0 Å². The van der Waals surface area contributed by atoms with E-state index >= 15 is 0 Å². The quantitative estimate of drug-likeness (QED) is 0.383. The lowest BCUT2D eigenvalue weighted by atomic mass is 9.89. The Morgan fingerprint density at radius 3 is 2.57 bits per heavy atom. The maximum atomic E-state index is 12.7. The summed E-state index contributed by atoms with van der Waals surface area (Å²) >= 11 is 0. The molecule has 0 radical (unpaired) electrons. The number of benzene rings is 2. The minimum Gasteiger partial charge on any atom is -0.294 e. The highest BCUT2D eigenvalue weighted by Crippen LogP contribution is 2.24. The SMILES string of the molecule is Cc1ccc(C(=O)C2CCN(Cn3ncc4cc([N+](=O)[O-])ccc43)CC2)cc1. The normalized spacial score (nSPS) is 15.8. The van der Waals surface area contributed by atoms with Crippen molar-refractivity contribution in [2.24, 2.45) is 5.92 Å². The van der Waals surface area contributed by atoms with Gasteiger partial charge in [0, 0.05) is 42.1 Å². The van der Waals surface area contributed by atoms with Crippen LogP contribution in [0.25, 0.3) is 10.9 Å². The lowest BCUT2D eigenvalue weighted by Gasteiger charge is -2.31. The van der Waals surface area contributed by atoms with Crippen molar-refractivity contribution in [2.75, 3.05) is 13.1 Å². The first kappa shape index (κ1) is 18.3. The lowest BCUT2D eigenvalue weighted by molar-refractivity contribution is -0.384. The fraction of sp³-hybridized carbons (Fsp3) is 0.333. The zero-order valence-electron chi connectivity index (χ0n) is 15.7. The molecule has 1 aliphatic heterocycles. The van der Waals surface area contributed by atoms with E-state index in [1.165, 1.54) is 6.07 Å². The largest absolute Gasteiger partial charge is 0.294 e. The molecule has 0 N–H and O–H groups in total. The van der Waals surface area contributed by atoms with Gasteiger partial charge in [-0.15, -0.1) is 0 Å². The van der Waals surface area contributed by atoms with Crippen LogP contribution in [0.4, 0.5) is 5.69 Å². The number of piperidine rings is 1. The molecule has 144 valence electrons. The molecule has 2 heterocycles. The number of hydrogen-bond donors (Lipinski definition) is 0. The van der Waals surface area contributed by atoms with Crippen molar-refractivity contribution in [3.63, 3.8) is 0 Å². The zero-order valence-corrected chi connectivity index (χ0v) is 15.7. The molecule has 1 fully saturated rings. The van der Waals surface area contributed by atoms with E-state index in [-0.39, 0.29) is 17.4 Å². The summed E-state index contributed by atoms with van der Waals surface area (Å²) in [7, 11) is 0. The van der Waals surface area contributed by atoms with Gasteiger partial charge in [-0.25, -0.2) is 0 Å². The number of carbonyl (C=O) groups excluding carboxylic acids is 1. The Bertz CT molecular complexity index is 1020. The monoisotopic (exact) mass is 378 g/mol. The zero-order chi connectivity index (χ0) is 19.7. The second kappa shape index (κ2) is 7.52. The maximum absolute atomic E-state index is 12.7. The van der Waals surface area contributed by atoms with Crippen LogP contribution >= 0.6 is 0 Å². The fourth-order valence-electron chi connectivity index (χ4n) is 3.78. The molecule has 3 aromatic rings. The summed E-state index contributed by atoms with van der Waals surface area (Å²) in [4.78, 5) is 25.5. The number of nitrogens with zero attached hydrogens (tertiary/aromatic N) is 4. The second-order valence-corrected chi connectivity index (χ2v) is 7.41. The minimum absolute atomic E-state index is 0.0657. The number of fused-ring (bicyclic) bond motifs is 1. The van der Waals surface area contributed by atoms with Crippen molar-refractivity contribution in [3.05, 3.63) is 69.9 Å². The molecule has 28 heavy (non-hydrogen) atoms. The Hall–Kier alpha value is -3.06. The summed E-state index contributed by atoms with van der Waals surface area (Å²) in [6, 6.07) is 12.6. The summed E-state index contributed by atoms with van der Waals surface area (Å²) in [5.41, 5.74) is 2.90. The number of aromatic nitrogens is 2. The summed E-state index contributed by atoms with van der Waals surface area (Å²) in [5, 5.41) is 16.1. The first-order valence-corrected chi connectivity index (χ1v) is 9.44. The van der Waals surface area contributed by atoms with Crippen molar-refractivity contribution >= 4 is 22.4 Å². The van der Waals surface area contributed by atoms with Crippen molar-refractivity contribution in [3.8, 4) is 0 Å². The van der Waals surface area contributed by atoms with Gasteiger partial charge in [0.1, 0.15) is 0 Å². The molecule has 7 heteroatoms. The molecule has 0 aliphatic carbocycles. The molecular weight excluding hydrogens is 356 g/mol. The highest BCUT2D eigenvalue weighted by atomic mass is 16.6. The Morgan fingerprint density at radius 2 is 1.89 bits per heavy atom. The van der Waals surface area contributed by atoms with E-state index in [0.29, 0.717) is 6.67 Å². The third kappa shape index (κ3) is 3.66. The van der Waals surface area contributed by atoms with Gasteiger partial charge in [-0.1, -0.05) is 29.8 Å². The Morgan fingerprint density at radius 1 is 1.18 bits per heavy atom. The van der Waals surface area contributed by atoms with E-state index in [1.54, 1.807) is 18.3 Å². The molecule has 0 saturated carbocycles. The second-order valence-electron chi connectivity index (χ2n) is 7.41. The molecule has 0 atom stereocenters. The van der Waals surface area contributed by atoms with Gasteiger partial charge in [-0.3, -0.25) is 24.5 Å². The van der Waals surface area contributed by atoms with Crippen LogP contribution < -0.4 is 0 Å². The number of non-ortho nitro benzene ring substituents is 1. The van der Waals surface area contributed by atoms with Crippen LogP contribution in [0.15, 0.2) is 48.7 Å². The number of hydrogen-bond acceptors (Lipinski definition) is 5. The van der Waals surface area contributed by atoms with Crippen LogP contribution in [0.3, 0.4) is 0 Å². The molecule has 7 nitrogen and oxygen atoms in total. The molecule has 1 saturated heterocycles. The third-order valence-corrected chi connectivity index (χ3v) is 5.46. The number of ketones is 1. The average Bonchev–Trinajstić information content (AvgIpc) is 3.10. The van der Waals surface area contributed by atoms with Crippen molar-refractivity contribution in [2.45, 2.75) is 26.4 Å². The van der Waals surface area contributed by atoms with E-state index in [9.17, 15) is 14.9 Å². The Kier molecular flexibility index (Phi) is 4.92. The number of likely N-dealkylation sites (tertiary alicyclic amines) is 1. The molecular formula is C21H22N4O3. The molecule has 0 unspecified atom stereocenters. The van der Waals surface area contributed by atoms with Crippen LogP contribution in [-0.4, -0.2) is 38.5 Å². The third-order valence-electron chi connectivity index (χ3n) is 5.46. The fourth-order valence-corrected chi connectivity index (χ4v) is 3.78. The topological polar surface area (TPSA) is 81.3 Å². The summed E-state index contributed by atoms with van der Waals surface area (Å²) in [6.45, 7) is 4.30. The Balaban J connectivity index is 1.39. The highest BCUT2D eigenvalue weighted by Gasteiger charge is 2.26. The van der Waals surface area contributed by atoms with Gasteiger partial charge < -0.3 is 0 Å². The molecule has 0 bridgehead atoms. The number of rotatable bonds is 5. The van der Waals surface area contributed by atoms with Gasteiger partial charge in [0.2, 0.25) is 0 Å². The molecule has 0 spiro atoms. The molecule has 0 amide bonds. The number of aryl methyl sites for hydroxylation is 1. The molecule has 4 rings (SSSR count). The van der Waals surface area contributed by atoms with Gasteiger partial charge in [-0.05, 0) is 25.8 Å². The van der Waals surface area contributed by atoms with Gasteiger partial charge in [0.15, 0.2) is 5.78 Å². The first-order valence-electron chi connectivity index (χ1n) is 9.44. The predicted molar refractivity (Wildman–Crippen MR) is 106 cm³/mol. The first-order chi connectivity index (χ1) is 13.5. The van der Waals surface area contributed by atoms with Crippen molar-refractivity contribution < 1.29 is 9.72 Å². The average molecular weight is 378 g/mol. The molecule has 1 aliphatic rings. The van der Waals surface area contributed by atoms with Gasteiger partial charge in [-0.2, -0.15) is 5.10 Å². The van der Waals surface area contributed by atoms with Crippen LogP contribution in [-0.2, 0) is 6.67 Å². The van der Waals surface area contributed by atoms with Gasteiger partial charge in [0.05, 0.1) is 23.3 Å². The standard InChI is InChI=1S/C21H22N4O3/c1-15-2-4-16(5-3-15)21(26)17-8-10-23(11-9-17)14-24-20-7-6-19(25(27)28)12-18(20)13-22-24/h2-7,12-13,17H,8-11,14H2,1H3. The Labute approximate surface area is 162 Å².